The predicted molar refractivity (Wildman–Crippen MR) is 83.0 cm³/mol. The van der Waals surface area contributed by atoms with Gasteiger partial charge >= 0.3 is 0 Å². The second-order valence-electron chi connectivity index (χ2n) is 5.31. The second kappa shape index (κ2) is 6.12. The van der Waals surface area contributed by atoms with Crippen LogP contribution in [0.25, 0.3) is 0 Å². The van der Waals surface area contributed by atoms with Gasteiger partial charge in [0.1, 0.15) is 0 Å². The molecule has 0 radical (unpaired) electrons. The van der Waals surface area contributed by atoms with Crippen molar-refractivity contribution in [2.45, 2.75) is 31.1 Å². The van der Waals surface area contributed by atoms with Gasteiger partial charge in [-0.25, -0.2) is 13.6 Å². The van der Waals surface area contributed by atoms with Crippen molar-refractivity contribution in [1.29, 1.82) is 0 Å². The molecule has 8 heteroatoms. The number of benzene rings is 1. The number of halogens is 2. The van der Waals surface area contributed by atoms with Gasteiger partial charge in [-0.05, 0) is 30.9 Å². The van der Waals surface area contributed by atoms with Gasteiger partial charge in [-0.1, -0.05) is 36.5 Å². The van der Waals surface area contributed by atoms with Crippen LogP contribution in [0.1, 0.15) is 26.2 Å². The molecule has 0 saturated heterocycles. The molecule has 0 heterocycles. The van der Waals surface area contributed by atoms with Crippen LogP contribution in [0.2, 0.25) is 10.0 Å². The fourth-order valence-electron chi connectivity index (χ4n) is 2.58. The number of amides is 1. The molecule has 2 unspecified atom stereocenters. The molecule has 1 fully saturated rings. The molecule has 2 atom stereocenters. The molecule has 0 aromatic heterocycles. The lowest BCUT2D eigenvalue weighted by molar-refractivity contribution is -0.120. The molecule has 1 aromatic rings. The first-order chi connectivity index (χ1) is 9.70. The largest absolute Gasteiger partial charge is 0.323 e. The van der Waals surface area contributed by atoms with E-state index in [4.69, 9.17) is 28.3 Å². The predicted octanol–water partition coefficient (Wildman–Crippen LogP) is 3.02. The van der Waals surface area contributed by atoms with Crippen molar-refractivity contribution in [3.05, 3.63) is 22.2 Å². The van der Waals surface area contributed by atoms with Gasteiger partial charge in [-0.3, -0.25) is 4.79 Å². The number of anilines is 1. The van der Waals surface area contributed by atoms with Crippen LogP contribution in [0.5, 0.6) is 0 Å². The zero-order valence-electron chi connectivity index (χ0n) is 11.4. The summed E-state index contributed by atoms with van der Waals surface area (Å²) in [5.41, 5.74) is 0.217. The molecule has 1 aromatic carbocycles. The van der Waals surface area contributed by atoms with E-state index in [-0.39, 0.29) is 32.5 Å². The number of carbonyl (C=O) groups excluding carboxylic acids is 1. The number of carbonyl (C=O) groups is 1. The third kappa shape index (κ3) is 3.69. The maximum Gasteiger partial charge on any atom is 0.238 e. The topological polar surface area (TPSA) is 89.3 Å². The lowest BCUT2D eigenvalue weighted by Gasteiger charge is -2.17. The van der Waals surface area contributed by atoms with Crippen molar-refractivity contribution in [3.8, 4) is 0 Å². The summed E-state index contributed by atoms with van der Waals surface area (Å²) in [6, 6.07) is 2.35. The quantitative estimate of drug-likeness (QED) is 0.877. The summed E-state index contributed by atoms with van der Waals surface area (Å²) >= 11 is 12.0. The molecule has 1 aliphatic carbocycles. The standard InChI is InChI=1S/C13H16Cl2N2O3S/c1-7-3-2-4-9(7)13(18)17-12-10(14)5-8(6-11(12)15)21(16,19)20/h5-7,9H,2-4H2,1H3,(H,17,18)(H2,16,19,20). The Morgan fingerprint density at radius 1 is 1.29 bits per heavy atom. The highest BCUT2D eigenvalue weighted by molar-refractivity contribution is 7.89. The number of nitrogens with two attached hydrogens (primary N) is 1. The van der Waals surface area contributed by atoms with Crippen LogP contribution in [0.4, 0.5) is 5.69 Å². The summed E-state index contributed by atoms with van der Waals surface area (Å²) < 4.78 is 22.6. The SMILES string of the molecule is CC1CCCC1C(=O)Nc1c(Cl)cc(S(N)(=O)=O)cc1Cl. The summed E-state index contributed by atoms with van der Waals surface area (Å²) in [6.07, 6.45) is 2.87. The van der Waals surface area contributed by atoms with E-state index in [1.807, 2.05) is 6.92 Å². The Hall–Kier alpha value is -0.820. The molecular formula is C13H16Cl2N2O3S. The lowest BCUT2D eigenvalue weighted by Crippen LogP contribution is -2.25. The van der Waals surface area contributed by atoms with E-state index in [2.05, 4.69) is 5.32 Å². The van der Waals surface area contributed by atoms with Crippen LogP contribution < -0.4 is 10.5 Å². The molecule has 0 aliphatic heterocycles. The molecule has 0 bridgehead atoms. The fourth-order valence-corrected chi connectivity index (χ4v) is 3.86. The van der Waals surface area contributed by atoms with E-state index in [1.165, 1.54) is 12.1 Å². The zero-order chi connectivity index (χ0) is 15.8. The summed E-state index contributed by atoms with van der Waals surface area (Å²) in [6.45, 7) is 2.03. The Labute approximate surface area is 133 Å². The van der Waals surface area contributed by atoms with E-state index < -0.39 is 10.0 Å². The third-order valence-electron chi connectivity index (χ3n) is 3.79. The van der Waals surface area contributed by atoms with E-state index in [0.717, 1.165) is 19.3 Å². The number of primary sulfonamides is 1. The summed E-state index contributed by atoms with van der Waals surface area (Å²) in [4.78, 5) is 12.1. The Bertz CT molecular complexity index is 653. The van der Waals surface area contributed by atoms with Crippen molar-refractivity contribution in [3.63, 3.8) is 0 Å². The molecule has 116 valence electrons. The number of hydrogen-bond acceptors (Lipinski definition) is 3. The van der Waals surface area contributed by atoms with Gasteiger partial charge in [0.15, 0.2) is 0 Å². The number of hydrogen-bond donors (Lipinski definition) is 2. The van der Waals surface area contributed by atoms with Gasteiger partial charge in [0.25, 0.3) is 0 Å². The number of sulfonamides is 1. The highest BCUT2D eigenvalue weighted by Crippen LogP contribution is 2.36. The first-order valence-electron chi connectivity index (χ1n) is 6.53. The number of rotatable bonds is 3. The summed E-state index contributed by atoms with van der Waals surface area (Å²) in [5, 5.41) is 7.82. The highest BCUT2D eigenvalue weighted by Gasteiger charge is 2.30. The monoisotopic (exact) mass is 350 g/mol. The van der Waals surface area contributed by atoms with Gasteiger partial charge in [0.05, 0.1) is 20.6 Å². The smallest absolute Gasteiger partial charge is 0.238 e. The molecular weight excluding hydrogens is 335 g/mol. The lowest BCUT2D eigenvalue weighted by atomic mass is 9.97. The molecule has 1 amide bonds. The zero-order valence-corrected chi connectivity index (χ0v) is 13.7. The maximum atomic E-state index is 12.2. The normalized spacial score (nSPS) is 22.3. The van der Waals surface area contributed by atoms with E-state index in [1.54, 1.807) is 0 Å². The van der Waals surface area contributed by atoms with Crippen LogP contribution >= 0.6 is 23.2 Å². The summed E-state index contributed by atoms with van der Waals surface area (Å²) in [5.74, 6) is 0.0912. The first kappa shape index (κ1) is 16.5. The summed E-state index contributed by atoms with van der Waals surface area (Å²) in [7, 11) is -3.90. The van der Waals surface area contributed by atoms with Crippen LogP contribution in [0, 0.1) is 11.8 Å². The Balaban J connectivity index is 2.27. The molecule has 21 heavy (non-hydrogen) atoms. The van der Waals surface area contributed by atoms with Crippen molar-refractivity contribution in [1.82, 2.24) is 0 Å². The second-order valence-corrected chi connectivity index (χ2v) is 7.69. The highest BCUT2D eigenvalue weighted by atomic mass is 35.5. The van der Waals surface area contributed by atoms with Crippen molar-refractivity contribution < 1.29 is 13.2 Å². The number of nitrogens with one attached hydrogen (secondary N) is 1. The van der Waals surface area contributed by atoms with Gasteiger partial charge in [-0.15, -0.1) is 0 Å². The first-order valence-corrected chi connectivity index (χ1v) is 8.83. The molecule has 0 spiro atoms. The van der Waals surface area contributed by atoms with Gasteiger partial charge < -0.3 is 5.32 Å². The van der Waals surface area contributed by atoms with Crippen molar-refractivity contribution >= 4 is 44.8 Å². The Kier molecular flexibility index (Phi) is 4.82. The third-order valence-corrected chi connectivity index (χ3v) is 5.28. The minimum atomic E-state index is -3.90. The minimum absolute atomic E-state index is 0.0468. The average molecular weight is 351 g/mol. The molecule has 1 saturated carbocycles. The van der Waals surface area contributed by atoms with Gasteiger partial charge in [-0.2, -0.15) is 0 Å². The van der Waals surface area contributed by atoms with Crippen molar-refractivity contribution in [2.24, 2.45) is 17.0 Å². The molecule has 5 nitrogen and oxygen atoms in total. The fraction of sp³-hybridized carbons (Fsp3) is 0.462. The van der Waals surface area contributed by atoms with Crippen LogP contribution in [0.3, 0.4) is 0 Å². The van der Waals surface area contributed by atoms with Crippen LogP contribution in [0.15, 0.2) is 17.0 Å². The van der Waals surface area contributed by atoms with Crippen LogP contribution in [-0.2, 0) is 14.8 Å². The van der Waals surface area contributed by atoms with Gasteiger partial charge in [0, 0.05) is 5.92 Å². The van der Waals surface area contributed by atoms with E-state index >= 15 is 0 Å². The van der Waals surface area contributed by atoms with Gasteiger partial charge in [0.2, 0.25) is 15.9 Å². The molecule has 1 aliphatic rings. The Morgan fingerprint density at radius 2 is 1.86 bits per heavy atom. The van der Waals surface area contributed by atoms with E-state index in [0.29, 0.717) is 5.92 Å². The molecule has 2 rings (SSSR count). The van der Waals surface area contributed by atoms with Crippen LogP contribution in [-0.4, -0.2) is 14.3 Å². The van der Waals surface area contributed by atoms with E-state index in [9.17, 15) is 13.2 Å². The maximum absolute atomic E-state index is 12.2. The molecule has 3 N–H and O–H groups in total. The van der Waals surface area contributed by atoms with Crippen molar-refractivity contribution in [2.75, 3.05) is 5.32 Å². The Morgan fingerprint density at radius 3 is 2.29 bits per heavy atom. The average Bonchev–Trinajstić information content (AvgIpc) is 2.78. The minimum Gasteiger partial charge on any atom is -0.323 e.